The number of carbonyl (C=O) groups is 4. The summed E-state index contributed by atoms with van der Waals surface area (Å²) >= 11 is 0. The van der Waals surface area contributed by atoms with Crippen LogP contribution in [0.2, 0.25) is 0 Å². The first-order chi connectivity index (χ1) is 15.5. The molecule has 0 amide bonds. The summed E-state index contributed by atoms with van der Waals surface area (Å²) in [4.78, 5) is 53.3. The average molecular weight is 473 g/mol. The Morgan fingerprint density at radius 3 is 2.21 bits per heavy atom. The zero-order valence-electron chi connectivity index (χ0n) is 21.3. The summed E-state index contributed by atoms with van der Waals surface area (Å²) in [5, 5.41) is 11.2. The molecule has 3 aliphatic rings. The Kier molecular flexibility index (Phi) is 5.93. The van der Waals surface area contributed by atoms with Crippen LogP contribution in [0.1, 0.15) is 60.3 Å². The molecule has 1 N–H and O–H groups in total. The van der Waals surface area contributed by atoms with Gasteiger partial charge in [0.25, 0.3) is 0 Å². The van der Waals surface area contributed by atoms with Crippen LogP contribution in [0.4, 0.5) is 0 Å². The van der Waals surface area contributed by atoms with Gasteiger partial charge in [0.15, 0.2) is 22.6 Å². The lowest BCUT2D eigenvalue weighted by atomic mass is 9.33. The molecule has 0 radical (unpaired) electrons. The molecule has 6 atom stereocenters. The van der Waals surface area contributed by atoms with Crippen molar-refractivity contribution in [2.75, 3.05) is 14.2 Å². The first-order valence-electron chi connectivity index (χ1n) is 11.6. The van der Waals surface area contributed by atoms with Gasteiger partial charge in [0.05, 0.1) is 19.6 Å². The van der Waals surface area contributed by atoms with E-state index in [1.807, 2.05) is 26.8 Å². The highest BCUT2D eigenvalue weighted by Gasteiger charge is 2.80. The van der Waals surface area contributed by atoms with Gasteiger partial charge < -0.3 is 14.6 Å². The number of Topliss-reactive ketones (excluding diaryl/α,β-unsaturated/α-hetero) is 2. The summed E-state index contributed by atoms with van der Waals surface area (Å²) in [6.45, 7) is 16.8. The van der Waals surface area contributed by atoms with Gasteiger partial charge in [-0.3, -0.25) is 19.2 Å². The van der Waals surface area contributed by atoms with Gasteiger partial charge >= 0.3 is 11.9 Å². The van der Waals surface area contributed by atoms with E-state index in [1.54, 1.807) is 6.92 Å². The van der Waals surface area contributed by atoms with Crippen molar-refractivity contribution < 1.29 is 33.8 Å². The van der Waals surface area contributed by atoms with Crippen LogP contribution in [-0.2, 0) is 28.7 Å². The van der Waals surface area contributed by atoms with Gasteiger partial charge in [0, 0.05) is 11.8 Å². The number of carbonyl (C=O) groups excluding carboxylic acids is 4. The highest BCUT2D eigenvalue weighted by Crippen LogP contribution is 2.74. The molecule has 0 aromatic carbocycles. The second kappa shape index (κ2) is 7.74. The number of hydrogen-bond donors (Lipinski definition) is 1. The molecule has 3 rings (SSSR count). The average Bonchev–Trinajstić information content (AvgIpc) is 2.77. The first-order valence-corrected chi connectivity index (χ1v) is 11.6. The largest absolute Gasteiger partial charge is 0.469 e. The Balaban J connectivity index is 2.39. The van der Waals surface area contributed by atoms with Gasteiger partial charge in [-0.2, -0.15) is 0 Å². The van der Waals surface area contributed by atoms with Gasteiger partial charge in [0.2, 0.25) is 0 Å². The Bertz CT molecular complexity index is 1040. The van der Waals surface area contributed by atoms with E-state index in [4.69, 9.17) is 9.47 Å². The zero-order valence-corrected chi connectivity index (χ0v) is 21.3. The fourth-order valence-electron chi connectivity index (χ4n) is 7.40. The Morgan fingerprint density at radius 1 is 1.12 bits per heavy atom. The molecule has 0 aromatic rings. The van der Waals surface area contributed by atoms with Crippen molar-refractivity contribution in [3.05, 3.63) is 36.0 Å². The van der Waals surface area contributed by atoms with Crippen molar-refractivity contribution in [3.8, 4) is 0 Å². The molecular formula is C27H36O7. The lowest BCUT2D eigenvalue weighted by Crippen LogP contribution is -2.76. The fraction of sp³-hybridized carbons (Fsp3) is 0.630. The predicted octanol–water partition coefficient (Wildman–Crippen LogP) is 3.50. The maximum atomic E-state index is 14.0. The molecule has 3 aliphatic carbocycles. The first kappa shape index (κ1) is 26.1. The van der Waals surface area contributed by atoms with Crippen molar-refractivity contribution >= 4 is 23.5 Å². The highest BCUT2D eigenvalue weighted by atomic mass is 16.5. The minimum atomic E-state index is -2.36. The van der Waals surface area contributed by atoms with Crippen LogP contribution in [0.25, 0.3) is 0 Å². The number of fused-ring (bicyclic) bond motifs is 4. The van der Waals surface area contributed by atoms with Gasteiger partial charge in [-0.05, 0) is 62.5 Å². The fourth-order valence-corrected chi connectivity index (χ4v) is 7.40. The lowest BCUT2D eigenvalue weighted by Gasteiger charge is -2.68. The van der Waals surface area contributed by atoms with Crippen molar-refractivity contribution in [1.29, 1.82) is 0 Å². The van der Waals surface area contributed by atoms with E-state index in [9.17, 15) is 24.3 Å². The number of rotatable bonds is 5. The second-order valence-corrected chi connectivity index (χ2v) is 11.1. The topological polar surface area (TPSA) is 107 Å². The van der Waals surface area contributed by atoms with Crippen LogP contribution in [0.5, 0.6) is 0 Å². The van der Waals surface area contributed by atoms with Gasteiger partial charge in [0.1, 0.15) is 0 Å². The molecule has 34 heavy (non-hydrogen) atoms. The van der Waals surface area contributed by atoms with Crippen molar-refractivity contribution in [2.24, 2.45) is 27.6 Å². The molecule has 0 heterocycles. The Labute approximate surface area is 201 Å². The van der Waals surface area contributed by atoms with Crippen LogP contribution < -0.4 is 0 Å². The van der Waals surface area contributed by atoms with E-state index in [0.717, 1.165) is 18.1 Å². The standard InChI is InChI=1S/C27H36O7/c1-15(2)17-10-13-25(6)18(23(17,4)12-11-19(28)33-8)14-24(5)16(3)27(25,22(31)34-9)21(30)26(7,32)20(24)29/h10,18,32H,1,3,11-14H2,2,4-9H3/t18-,23+,24+,25-,26-,27-/m0/s1. The quantitative estimate of drug-likeness (QED) is 0.371. The molecule has 0 saturated heterocycles. The maximum Gasteiger partial charge on any atom is 0.324 e. The molecule has 2 bridgehead atoms. The predicted molar refractivity (Wildman–Crippen MR) is 125 cm³/mol. The van der Waals surface area contributed by atoms with E-state index in [-0.39, 0.29) is 24.4 Å². The van der Waals surface area contributed by atoms with Crippen LogP contribution in [-0.4, -0.2) is 48.4 Å². The number of esters is 2. The zero-order chi connectivity index (χ0) is 26.1. The molecule has 7 nitrogen and oxygen atoms in total. The number of ether oxygens (including phenoxy) is 2. The van der Waals surface area contributed by atoms with E-state index in [0.29, 0.717) is 12.8 Å². The molecular weight excluding hydrogens is 436 g/mol. The minimum Gasteiger partial charge on any atom is -0.469 e. The number of aliphatic hydroxyl groups is 1. The monoisotopic (exact) mass is 472 g/mol. The maximum absolute atomic E-state index is 14.0. The molecule has 0 aromatic heterocycles. The molecule has 2 fully saturated rings. The normalized spacial score (nSPS) is 41.4. The second-order valence-electron chi connectivity index (χ2n) is 11.1. The number of allylic oxidation sites excluding steroid dienone is 3. The third-order valence-electron chi connectivity index (χ3n) is 9.22. The highest BCUT2D eigenvalue weighted by molar-refractivity contribution is 6.26. The van der Waals surface area contributed by atoms with Crippen molar-refractivity contribution in [2.45, 2.75) is 65.9 Å². The number of hydrogen-bond acceptors (Lipinski definition) is 7. The molecule has 186 valence electrons. The van der Waals surface area contributed by atoms with E-state index in [1.165, 1.54) is 14.2 Å². The van der Waals surface area contributed by atoms with Crippen molar-refractivity contribution in [3.63, 3.8) is 0 Å². The van der Waals surface area contributed by atoms with Crippen LogP contribution in [0, 0.1) is 27.6 Å². The Morgan fingerprint density at radius 2 is 1.71 bits per heavy atom. The van der Waals surface area contributed by atoms with Crippen LogP contribution >= 0.6 is 0 Å². The van der Waals surface area contributed by atoms with Gasteiger partial charge in [-0.1, -0.05) is 38.7 Å². The summed E-state index contributed by atoms with van der Waals surface area (Å²) in [7, 11) is 2.52. The molecule has 0 aliphatic heterocycles. The summed E-state index contributed by atoms with van der Waals surface area (Å²) in [6.07, 6.45) is 3.03. The number of methoxy groups -OCH3 is 2. The summed E-state index contributed by atoms with van der Waals surface area (Å²) in [6, 6.07) is 0. The Hall–Kier alpha value is -2.54. The van der Waals surface area contributed by atoms with Gasteiger partial charge in [-0.25, -0.2) is 0 Å². The third kappa shape index (κ3) is 2.85. The van der Waals surface area contributed by atoms with Gasteiger partial charge in [-0.15, -0.1) is 0 Å². The van der Waals surface area contributed by atoms with E-state index in [2.05, 4.69) is 13.2 Å². The summed E-state index contributed by atoms with van der Waals surface area (Å²) < 4.78 is 10.1. The van der Waals surface area contributed by atoms with Crippen LogP contribution in [0.15, 0.2) is 36.0 Å². The summed E-state index contributed by atoms with van der Waals surface area (Å²) in [5.74, 6) is -3.16. The SMILES string of the molecule is C=C(C)C1=CC[C@@]2(C)[C@@H](C[C@]3(C)C(=C)[C@@]2(C(=O)OC)C(=O)[C@@](C)(O)C3=O)[C@]1(C)CCC(=O)OC. The molecule has 0 unspecified atom stereocenters. The van der Waals surface area contributed by atoms with E-state index < -0.39 is 50.7 Å². The molecule has 0 spiro atoms. The molecule has 2 saturated carbocycles. The minimum absolute atomic E-state index is 0.118. The smallest absolute Gasteiger partial charge is 0.324 e. The summed E-state index contributed by atoms with van der Waals surface area (Å²) in [5.41, 5.74) is -5.50. The van der Waals surface area contributed by atoms with E-state index >= 15 is 0 Å². The third-order valence-corrected chi connectivity index (χ3v) is 9.22. The van der Waals surface area contributed by atoms with Crippen LogP contribution in [0.3, 0.4) is 0 Å². The number of ketones is 2. The lowest BCUT2D eigenvalue weighted by molar-refractivity contribution is -0.200. The molecule has 7 heteroatoms. The van der Waals surface area contributed by atoms with Crippen molar-refractivity contribution in [1.82, 2.24) is 0 Å².